The monoisotopic (exact) mass is 286 g/mol. The molecule has 2 fully saturated rings. The van der Waals surface area contributed by atoms with E-state index in [0.29, 0.717) is 6.04 Å². The van der Waals surface area contributed by atoms with Crippen molar-refractivity contribution in [2.24, 2.45) is 5.92 Å². The highest BCUT2D eigenvalue weighted by molar-refractivity contribution is 5.58. The predicted octanol–water partition coefficient (Wildman–Crippen LogP) is 5.06. The van der Waals surface area contributed by atoms with Crippen molar-refractivity contribution >= 4 is 11.4 Å². The first-order valence-electron chi connectivity index (χ1n) is 8.96. The van der Waals surface area contributed by atoms with E-state index in [2.05, 4.69) is 41.4 Å². The molecule has 0 unspecified atom stereocenters. The summed E-state index contributed by atoms with van der Waals surface area (Å²) in [5.41, 5.74) is 2.72. The second-order valence-electron chi connectivity index (χ2n) is 6.90. The maximum Gasteiger partial charge on any atom is 0.0386 e. The van der Waals surface area contributed by atoms with Crippen LogP contribution >= 0.6 is 0 Å². The molecule has 1 saturated carbocycles. The van der Waals surface area contributed by atoms with Crippen LogP contribution in [0.1, 0.15) is 58.3 Å². The van der Waals surface area contributed by atoms with Gasteiger partial charge in [-0.2, -0.15) is 0 Å². The molecular weight excluding hydrogens is 256 g/mol. The van der Waals surface area contributed by atoms with Gasteiger partial charge in [0.05, 0.1) is 0 Å². The summed E-state index contributed by atoms with van der Waals surface area (Å²) in [4.78, 5) is 2.52. The van der Waals surface area contributed by atoms with Crippen molar-refractivity contribution in [1.82, 2.24) is 0 Å². The van der Waals surface area contributed by atoms with E-state index < -0.39 is 0 Å². The van der Waals surface area contributed by atoms with Gasteiger partial charge in [0, 0.05) is 30.5 Å². The van der Waals surface area contributed by atoms with Gasteiger partial charge in [-0.3, -0.25) is 0 Å². The molecule has 0 aromatic heterocycles. The Kier molecular flexibility index (Phi) is 5.05. The molecule has 1 aromatic rings. The van der Waals surface area contributed by atoms with Gasteiger partial charge in [0.25, 0.3) is 0 Å². The molecule has 0 bridgehead atoms. The number of anilines is 2. The summed E-state index contributed by atoms with van der Waals surface area (Å²) in [6.07, 6.45) is 11.0. The van der Waals surface area contributed by atoms with Crippen LogP contribution in [0, 0.1) is 5.92 Å². The van der Waals surface area contributed by atoms with Gasteiger partial charge in [-0.15, -0.1) is 0 Å². The van der Waals surface area contributed by atoms with Crippen LogP contribution in [0.25, 0.3) is 0 Å². The highest BCUT2D eigenvalue weighted by Gasteiger charge is 2.20. The molecule has 1 aromatic carbocycles. The minimum atomic E-state index is 0.687. The number of rotatable bonds is 5. The Labute approximate surface area is 129 Å². The second kappa shape index (κ2) is 7.20. The highest BCUT2D eigenvalue weighted by Crippen LogP contribution is 2.30. The Balaban J connectivity index is 1.54. The first-order valence-corrected chi connectivity index (χ1v) is 8.96. The fraction of sp³-hybridized carbons (Fsp3) is 0.684. The normalized spacial score (nSPS) is 26.0. The minimum absolute atomic E-state index is 0.687. The summed E-state index contributed by atoms with van der Waals surface area (Å²) in [5.74, 6) is 0.990. The Morgan fingerprint density at radius 3 is 2.57 bits per heavy atom. The van der Waals surface area contributed by atoms with Gasteiger partial charge in [0.2, 0.25) is 0 Å². The molecule has 116 valence electrons. The van der Waals surface area contributed by atoms with Crippen molar-refractivity contribution in [2.45, 2.75) is 64.3 Å². The Hall–Kier alpha value is -1.18. The van der Waals surface area contributed by atoms with Crippen LogP contribution in [0.4, 0.5) is 11.4 Å². The molecule has 1 aliphatic carbocycles. The zero-order chi connectivity index (χ0) is 14.5. The molecule has 2 nitrogen and oxygen atoms in total. The molecule has 0 radical (unpaired) electrons. The average molecular weight is 286 g/mol. The smallest absolute Gasteiger partial charge is 0.0386 e. The zero-order valence-electron chi connectivity index (χ0n) is 13.5. The fourth-order valence-electron chi connectivity index (χ4n) is 4.01. The van der Waals surface area contributed by atoms with Gasteiger partial charge >= 0.3 is 0 Å². The first-order chi connectivity index (χ1) is 10.3. The van der Waals surface area contributed by atoms with Gasteiger partial charge in [0.1, 0.15) is 0 Å². The van der Waals surface area contributed by atoms with Gasteiger partial charge in [-0.25, -0.2) is 0 Å². The number of benzene rings is 1. The fourth-order valence-corrected chi connectivity index (χ4v) is 4.01. The number of hydrogen-bond donors (Lipinski definition) is 1. The molecule has 0 amide bonds. The number of nitrogens with zero attached hydrogens (tertiary/aromatic N) is 1. The van der Waals surface area contributed by atoms with E-state index in [4.69, 9.17) is 0 Å². The number of hydrogen-bond acceptors (Lipinski definition) is 2. The Bertz CT molecular complexity index is 429. The van der Waals surface area contributed by atoms with Crippen molar-refractivity contribution in [2.75, 3.05) is 23.3 Å². The van der Waals surface area contributed by atoms with Gasteiger partial charge in [-0.1, -0.05) is 25.8 Å². The molecule has 1 heterocycles. The maximum absolute atomic E-state index is 3.78. The third-order valence-electron chi connectivity index (χ3n) is 5.23. The summed E-state index contributed by atoms with van der Waals surface area (Å²) >= 11 is 0. The third-order valence-corrected chi connectivity index (χ3v) is 5.23. The van der Waals surface area contributed by atoms with Crippen molar-refractivity contribution in [3.8, 4) is 0 Å². The molecule has 2 heteroatoms. The van der Waals surface area contributed by atoms with Gasteiger partial charge < -0.3 is 10.2 Å². The Morgan fingerprint density at radius 2 is 1.86 bits per heavy atom. The van der Waals surface area contributed by atoms with Crippen LogP contribution in [-0.4, -0.2) is 19.1 Å². The number of nitrogens with one attached hydrogen (secondary N) is 1. The van der Waals surface area contributed by atoms with Crippen LogP contribution in [0.15, 0.2) is 24.3 Å². The topological polar surface area (TPSA) is 15.3 Å². The summed E-state index contributed by atoms with van der Waals surface area (Å²) in [6.45, 7) is 4.77. The van der Waals surface area contributed by atoms with Crippen molar-refractivity contribution in [3.05, 3.63) is 24.3 Å². The van der Waals surface area contributed by atoms with Crippen molar-refractivity contribution in [3.63, 3.8) is 0 Å². The molecule has 1 aliphatic heterocycles. The molecule has 1 N–H and O–H groups in total. The SMILES string of the molecule is CCCC1CCC(Nc2cccc(N3CCCC3)c2)CC1. The predicted molar refractivity (Wildman–Crippen MR) is 92.2 cm³/mol. The highest BCUT2D eigenvalue weighted by atomic mass is 15.1. The maximum atomic E-state index is 3.78. The van der Waals surface area contributed by atoms with Crippen LogP contribution in [0.5, 0.6) is 0 Å². The first kappa shape index (κ1) is 14.7. The lowest BCUT2D eigenvalue weighted by Gasteiger charge is -2.30. The molecule has 1 saturated heterocycles. The summed E-state index contributed by atoms with van der Waals surface area (Å²) in [5, 5.41) is 3.78. The quantitative estimate of drug-likeness (QED) is 0.814. The van der Waals surface area contributed by atoms with Gasteiger partial charge in [0.15, 0.2) is 0 Å². The molecule has 3 rings (SSSR count). The van der Waals surface area contributed by atoms with Crippen LogP contribution < -0.4 is 10.2 Å². The van der Waals surface area contributed by atoms with E-state index in [0.717, 1.165) is 5.92 Å². The van der Waals surface area contributed by atoms with E-state index in [1.54, 1.807) is 0 Å². The van der Waals surface area contributed by atoms with Crippen LogP contribution in [-0.2, 0) is 0 Å². The lowest BCUT2D eigenvalue weighted by atomic mass is 9.83. The van der Waals surface area contributed by atoms with E-state index >= 15 is 0 Å². The lowest BCUT2D eigenvalue weighted by molar-refractivity contribution is 0.319. The largest absolute Gasteiger partial charge is 0.382 e. The minimum Gasteiger partial charge on any atom is -0.382 e. The van der Waals surface area contributed by atoms with E-state index in [1.807, 2.05) is 0 Å². The average Bonchev–Trinajstić information content (AvgIpc) is 3.04. The molecule has 0 atom stereocenters. The Morgan fingerprint density at radius 1 is 1.10 bits per heavy atom. The van der Waals surface area contributed by atoms with Crippen molar-refractivity contribution < 1.29 is 0 Å². The van der Waals surface area contributed by atoms with Gasteiger partial charge in [-0.05, 0) is 62.6 Å². The molecule has 0 spiro atoms. The third kappa shape index (κ3) is 3.93. The summed E-state index contributed by atoms with van der Waals surface area (Å²) in [7, 11) is 0. The summed E-state index contributed by atoms with van der Waals surface area (Å²) in [6, 6.07) is 9.74. The molecular formula is C19H30N2. The van der Waals surface area contributed by atoms with E-state index in [9.17, 15) is 0 Å². The van der Waals surface area contributed by atoms with Crippen LogP contribution in [0.3, 0.4) is 0 Å². The second-order valence-corrected chi connectivity index (χ2v) is 6.90. The molecule has 21 heavy (non-hydrogen) atoms. The standard InChI is InChI=1S/C19H30N2/c1-2-6-16-9-11-17(12-10-16)20-18-7-5-8-19(15-18)21-13-3-4-14-21/h5,7-8,15-17,20H,2-4,6,9-14H2,1H3. The van der Waals surface area contributed by atoms with E-state index in [1.165, 1.54) is 75.8 Å². The van der Waals surface area contributed by atoms with E-state index in [-0.39, 0.29) is 0 Å². The summed E-state index contributed by atoms with van der Waals surface area (Å²) < 4.78 is 0. The molecule has 2 aliphatic rings. The van der Waals surface area contributed by atoms with Crippen molar-refractivity contribution in [1.29, 1.82) is 0 Å². The zero-order valence-corrected chi connectivity index (χ0v) is 13.5. The van der Waals surface area contributed by atoms with Crippen LogP contribution in [0.2, 0.25) is 0 Å². The lowest BCUT2D eigenvalue weighted by Crippen LogP contribution is -2.26.